The summed E-state index contributed by atoms with van der Waals surface area (Å²) in [7, 11) is 0. The molecular weight excluding hydrogens is 328 g/mol. The second-order valence-corrected chi connectivity index (χ2v) is 6.04. The number of nitrogens with one attached hydrogen (secondary N) is 1. The minimum atomic E-state index is -0.700. The van der Waals surface area contributed by atoms with Crippen molar-refractivity contribution in [2.75, 3.05) is 18.0 Å². The molecular formula is C18H19F2N3O2. The first kappa shape index (κ1) is 17.3. The molecule has 0 bridgehead atoms. The normalized spacial score (nSPS) is 15.2. The first-order valence-electron chi connectivity index (χ1n) is 8.14. The number of halogens is 2. The summed E-state index contributed by atoms with van der Waals surface area (Å²) in [5.41, 5.74) is 0.974. The molecule has 25 heavy (non-hydrogen) atoms. The number of piperidine rings is 1. The van der Waals surface area contributed by atoms with E-state index in [-0.39, 0.29) is 24.0 Å². The van der Waals surface area contributed by atoms with Crippen LogP contribution in [0.5, 0.6) is 0 Å². The lowest BCUT2D eigenvalue weighted by Gasteiger charge is -2.31. The highest BCUT2D eigenvalue weighted by atomic mass is 19.1. The van der Waals surface area contributed by atoms with Crippen LogP contribution in [-0.2, 0) is 6.54 Å². The van der Waals surface area contributed by atoms with Crippen LogP contribution in [0.2, 0.25) is 0 Å². The smallest absolute Gasteiger partial charge is 0.254 e. The molecule has 1 aliphatic rings. The summed E-state index contributed by atoms with van der Waals surface area (Å²) < 4.78 is 27.9. The maximum Gasteiger partial charge on any atom is 0.254 e. The van der Waals surface area contributed by atoms with Gasteiger partial charge in [0.2, 0.25) is 0 Å². The Balaban J connectivity index is 1.63. The molecule has 2 aromatic rings. The zero-order valence-electron chi connectivity index (χ0n) is 13.6. The van der Waals surface area contributed by atoms with E-state index in [9.17, 15) is 18.7 Å². The van der Waals surface area contributed by atoms with Crippen LogP contribution in [0.4, 0.5) is 14.5 Å². The zero-order valence-corrected chi connectivity index (χ0v) is 13.6. The lowest BCUT2D eigenvalue weighted by Crippen LogP contribution is -2.36. The van der Waals surface area contributed by atoms with Crippen molar-refractivity contribution in [3.63, 3.8) is 0 Å². The summed E-state index contributed by atoms with van der Waals surface area (Å²) in [4.78, 5) is 17.5. The summed E-state index contributed by atoms with van der Waals surface area (Å²) in [6.45, 7) is 1.31. The van der Waals surface area contributed by atoms with E-state index in [4.69, 9.17) is 0 Å². The summed E-state index contributed by atoms with van der Waals surface area (Å²) in [6.07, 6.45) is 3.23. The average molecular weight is 347 g/mol. The lowest BCUT2D eigenvalue weighted by molar-refractivity contribution is 0.0946. The monoisotopic (exact) mass is 347 g/mol. The maximum atomic E-state index is 14.4. The average Bonchev–Trinajstić information content (AvgIpc) is 2.61. The van der Waals surface area contributed by atoms with Crippen LogP contribution in [0.15, 0.2) is 36.7 Å². The fraction of sp³-hybridized carbons (Fsp3) is 0.333. The lowest BCUT2D eigenvalue weighted by atomic mass is 10.1. The predicted octanol–water partition coefficient (Wildman–Crippen LogP) is 2.25. The van der Waals surface area contributed by atoms with E-state index in [1.54, 1.807) is 12.1 Å². The van der Waals surface area contributed by atoms with Crippen LogP contribution in [0, 0.1) is 11.6 Å². The predicted molar refractivity (Wildman–Crippen MR) is 89.2 cm³/mol. The molecule has 0 saturated carbocycles. The summed E-state index contributed by atoms with van der Waals surface area (Å²) in [5, 5.41) is 12.1. The van der Waals surface area contributed by atoms with E-state index in [1.807, 2.05) is 4.90 Å². The maximum absolute atomic E-state index is 14.4. The number of hydrogen-bond donors (Lipinski definition) is 2. The van der Waals surface area contributed by atoms with Gasteiger partial charge in [0, 0.05) is 25.8 Å². The van der Waals surface area contributed by atoms with Gasteiger partial charge < -0.3 is 15.3 Å². The van der Waals surface area contributed by atoms with Crippen LogP contribution in [0.25, 0.3) is 0 Å². The number of amides is 1. The van der Waals surface area contributed by atoms with E-state index >= 15 is 0 Å². The highest BCUT2D eigenvalue weighted by molar-refractivity contribution is 5.94. The second-order valence-electron chi connectivity index (χ2n) is 6.04. The minimum absolute atomic E-state index is 0.0938. The highest BCUT2D eigenvalue weighted by Crippen LogP contribution is 2.24. The van der Waals surface area contributed by atoms with Gasteiger partial charge in [-0.3, -0.25) is 9.78 Å². The molecule has 1 aromatic heterocycles. The molecule has 1 saturated heterocycles. The number of nitrogens with zero attached hydrogens (tertiary/aromatic N) is 2. The van der Waals surface area contributed by atoms with Crippen LogP contribution in [0.3, 0.4) is 0 Å². The van der Waals surface area contributed by atoms with Gasteiger partial charge >= 0.3 is 0 Å². The second kappa shape index (κ2) is 7.57. The Morgan fingerprint density at radius 2 is 2.00 bits per heavy atom. The molecule has 0 radical (unpaired) electrons. The number of rotatable bonds is 4. The molecule has 2 heterocycles. The Kier molecular flexibility index (Phi) is 5.23. The topological polar surface area (TPSA) is 65.5 Å². The molecule has 1 amide bonds. The Labute approximate surface area is 144 Å². The quantitative estimate of drug-likeness (QED) is 0.890. The molecule has 1 aliphatic heterocycles. The van der Waals surface area contributed by atoms with Gasteiger partial charge in [-0.15, -0.1) is 0 Å². The van der Waals surface area contributed by atoms with Gasteiger partial charge in [0.25, 0.3) is 5.91 Å². The molecule has 0 atom stereocenters. The number of aliphatic hydroxyl groups is 1. The van der Waals surface area contributed by atoms with Gasteiger partial charge in [-0.2, -0.15) is 0 Å². The van der Waals surface area contributed by atoms with E-state index in [2.05, 4.69) is 10.3 Å². The summed E-state index contributed by atoms with van der Waals surface area (Å²) in [5.74, 6) is -1.65. The molecule has 2 N–H and O–H groups in total. The first-order valence-corrected chi connectivity index (χ1v) is 8.14. The van der Waals surface area contributed by atoms with Crippen LogP contribution in [0.1, 0.15) is 28.8 Å². The standard InChI is InChI=1S/C18H19F2N3O2/c19-15-9-12(1-2-17(15)23-7-4-13(24)5-8-23)10-22-18(25)14-3-6-21-11-16(14)20/h1-3,6,9,11,13,24H,4-5,7-8,10H2,(H,22,25). The summed E-state index contributed by atoms with van der Waals surface area (Å²) >= 11 is 0. The van der Waals surface area contributed by atoms with E-state index < -0.39 is 11.7 Å². The van der Waals surface area contributed by atoms with Crippen LogP contribution < -0.4 is 10.2 Å². The Bertz CT molecular complexity index is 762. The molecule has 3 rings (SSSR count). The zero-order chi connectivity index (χ0) is 17.8. The fourth-order valence-electron chi connectivity index (χ4n) is 2.86. The largest absolute Gasteiger partial charge is 0.393 e. The van der Waals surface area contributed by atoms with Gasteiger partial charge in [0.05, 0.1) is 23.6 Å². The van der Waals surface area contributed by atoms with Crippen molar-refractivity contribution in [2.45, 2.75) is 25.5 Å². The number of carbonyl (C=O) groups excluding carboxylic acids is 1. The minimum Gasteiger partial charge on any atom is -0.393 e. The van der Waals surface area contributed by atoms with Crippen molar-refractivity contribution in [3.05, 3.63) is 59.4 Å². The molecule has 7 heteroatoms. The van der Waals surface area contributed by atoms with Crippen molar-refractivity contribution < 1.29 is 18.7 Å². The van der Waals surface area contributed by atoms with Gasteiger partial charge in [0.1, 0.15) is 5.82 Å². The van der Waals surface area contributed by atoms with Crippen LogP contribution >= 0.6 is 0 Å². The van der Waals surface area contributed by atoms with Gasteiger partial charge in [-0.1, -0.05) is 6.07 Å². The molecule has 0 aliphatic carbocycles. The van der Waals surface area contributed by atoms with Crippen molar-refractivity contribution in [1.29, 1.82) is 0 Å². The van der Waals surface area contributed by atoms with Crippen molar-refractivity contribution >= 4 is 11.6 Å². The number of pyridine rings is 1. The molecule has 1 fully saturated rings. The fourth-order valence-corrected chi connectivity index (χ4v) is 2.86. The first-order chi connectivity index (χ1) is 12.0. The van der Waals surface area contributed by atoms with Gasteiger partial charge in [-0.05, 0) is 36.6 Å². The molecule has 0 unspecified atom stereocenters. The number of anilines is 1. The number of hydrogen-bond acceptors (Lipinski definition) is 4. The Morgan fingerprint density at radius 1 is 1.24 bits per heavy atom. The third-order valence-electron chi connectivity index (χ3n) is 4.29. The third kappa shape index (κ3) is 4.11. The van der Waals surface area contributed by atoms with E-state index in [0.29, 0.717) is 37.2 Å². The SMILES string of the molecule is O=C(NCc1ccc(N2CCC(O)CC2)c(F)c1)c1ccncc1F. The summed E-state index contributed by atoms with van der Waals surface area (Å²) in [6, 6.07) is 6.05. The number of aliphatic hydroxyl groups excluding tert-OH is 1. The van der Waals surface area contributed by atoms with Gasteiger partial charge in [0.15, 0.2) is 5.82 Å². The highest BCUT2D eigenvalue weighted by Gasteiger charge is 2.20. The number of carbonyl (C=O) groups is 1. The molecule has 0 spiro atoms. The third-order valence-corrected chi connectivity index (χ3v) is 4.29. The van der Waals surface area contributed by atoms with Crippen molar-refractivity contribution in [3.8, 4) is 0 Å². The van der Waals surface area contributed by atoms with Crippen molar-refractivity contribution in [1.82, 2.24) is 10.3 Å². The molecule has 1 aromatic carbocycles. The molecule has 132 valence electrons. The van der Waals surface area contributed by atoms with Crippen molar-refractivity contribution in [2.24, 2.45) is 0 Å². The van der Waals surface area contributed by atoms with E-state index in [0.717, 1.165) is 6.20 Å². The van der Waals surface area contributed by atoms with Crippen LogP contribution in [-0.4, -0.2) is 35.2 Å². The number of benzene rings is 1. The Morgan fingerprint density at radius 3 is 2.68 bits per heavy atom. The van der Waals surface area contributed by atoms with Gasteiger partial charge in [-0.25, -0.2) is 8.78 Å². The van der Waals surface area contributed by atoms with E-state index in [1.165, 1.54) is 18.3 Å². The molecule has 5 nitrogen and oxygen atoms in total. The Hall–Kier alpha value is -2.54. The number of aromatic nitrogens is 1.